The van der Waals surface area contributed by atoms with Crippen LogP contribution in [0.5, 0.6) is 0 Å². The molecule has 1 nitrogen and oxygen atoms in total. The molecule has 0 aliphatic rings. The monoisotopic (exact) mass is 268 g/mol. The zero-order valence-electron chi connectivity index (χ0n) is 9.81. The van der Waals surface area contributed by atoms with E-state index in [1.54, 1.807) is 6.92 Å². The van der Waals surface area contributed by atoms with Gasteiger partial charge in [0.25, 0.3) is 0 Å². The van der Waals surface area contributed by atoms with Crippen LogP contribution in [0.2, 0.25) is 0 Å². The van der Waals surface area contributed by atoms with E-state index in [0.717, 1.165) is 6.07 Å². The first-order valence-electron chi connectivity index (χ1n) is 5.35. The van der Waals surface area contributed by atoms with Crippen molar-refractivity contribution in [2.45, 2.75) is 6.92 Å². The third-order valence-corrected chi connectivity index (χ3v) is 2.56. The lowest BCUT2D eigenvalue weighted by Gasteiger charge is -2.05. The summed E-state index contributed by atoms with van der Waals surface area (Å²) in [4.78, 5) is 11.9. The number of benzene rings is 2. The lowest BCUT2D eigenvalue weighted by Crippen LogP contribution is -2.07. The Morgan fingerprint density at radius 1 is 0.842 bits per heavy atom. The van der Waals surface area contributed by atoms with Gasteiger partial charge in [-0.1, -0.05) is 0 Å². The predicted octanol–water partition coefficient (Wildman–Crippen LogP) is 3.78. The highest BCUT2D eigenvalue weighted by Gasteiger charge is 2.18. The molecule has 2 rings (SSSR count). The van der Waals surface area contributed by atoms with E-state index in [-0.39, 0.29) is 11.6 Å². The molecule has 0 spiro atoms. The van der Waals surface area contributed by atoms with Gasteiger partial charge in [-0.15, -0.1) is 0 Å². The molecule has 19 heavy (non-hydrogen) atoms. The third kappa shape index (κ3) is 2.65. The average Bonchev–Trinajstić information content (AvgIpc) is 2.31. The summed E-state index contributed by atoms with van der Waals surface area (Å²) in [6.45, 7) is 1.56. The van der Waals surface area contributed by atoms with Crippen LogP contribution in [-0.4, -0.2) is 5.78 Å². The second-order valence-corrected chi connectivity index (χ2v) is 4.09. The molecular weight excluding hydrogens is 260 g/mol. The Morgan fingerprint density at radius 3 is 2.11 bits per heavy atom. The molecule has 2 aromatic carbocycles. The molecule has 0 aliphatic carbocycles. The molecule has 0 saturated carbocycles. The van der Waals surface area contributed by atoms with Crippen molar-refractivity contribution in [3.05, 3.63) is 70.3 Å². The van der Waals surface area contributed by atoms with Crippen LogP contribution >= 0.6 is 0 Å². The molecule has 0 fully saturated rings. The summed E-state index contributed by atoms with van der Waals surface area (Å²) in [5.74, 6) is -5.47. The molecule has 0 radical (unpaired) electrons. The fourth-order valence-corrected chi connectivity index (χ4v) is 1.72. The van der Waals surface area contributed by atoms with E-state index in [9.17, 15) is 22.4 Å². The maximum Gasteiger partial charge on any atom is 0.196 e. The van der Waals surface area contributed by atoms with Crippen molar-refractivity contribution < 1.29 is 22.4 Å². The Kier molecular flexibility index (Phi) is 3.38. The quantitative estimate of drug-likeness (QED) is 0.460. The van der Waals surface area contributed by atoms with Gasteiger partial charge in [0.15, 0.2) is 17.4 Å². The highest BCUT2D eigenvalue weighted by atomic mass is 19.2. The number of carbonyl (C=O) groups is 1. The van der Waals surface area contributed by atoms with Crippen LogP contribution in [0.4, 0.5) is 17.6 Å². The Bertz CT molecular complexity index is 644. The lowest BCUT2D eigenvalue weighted by atomic mass is 10.0. The number of hydrogen-bond acceptors (Lipinski definition) is 1. The molecule has 2 aromatic rings. The highest BCUT2D eigenvalue weighted by Crippen LogP contribution is 2.19. The second kappa shape index (κ2) is 4.84. The van der Waals surface area contributed by atoms with E-state index in [0.29, 0.717) is 11.6 Å². The Balaban J connectivity index is 2.53. The molecule has 98 valence electrons. The molecule has 0 saturated heterocycles. The largest absolute Gasteiger partial charge is 0.288 e. The standard InChI is InChI=1S/C14H8F4O/c1-7-2-8(4-9(15)3-7)14(19)10-5-12(17)13(18)6-11(10)16/h2-6H,1H3. The van der Waals surface area contributed by atoms with Crippen LogP contribution in [0.25, 0.3) is 0 Å². The maximum absolute atomic E-state index is 13.4. The maximum atomic E-state index is 13.4. The van der Waals surface area contributed by atoms with Crippen LogP contribution in [0, 0.1) is 30.2 Å². The SMILES string of the molecule is Cc1cc(F)cc(C(=O)c2cc(F)c(F)cc2F)c1. The number of hydrogen-bond donors (Lipinski definition) is 0. The van der Waals surface area contributed by atoms with Gasteiger partial charge in [-0.3, -0.25) is 4.79 Å². The third-order valence-electron chi connectivity index (χ3n) is 2.56. The van der Waals surface area contributed by atoms with Crippen LogP contribution in [0.15, 0.2) is 30.3 Å². The molecule has 0 atom stereocenters. The van der Waals surface area contributed by atoms with Crippen molar-refractivity contribution in [1.29, 1.82) is 0 Å². The number of aryl methyl sites for hydroxylation is 1. The van der Waals surface area contributed by atoms with Crippen LogP contribution in [0.3, 0.4) is 0 Å². The topological polar surface area (TPSA) is 17.1 Å². The van der Waals surface area contributed by atoms with Gasteiger partial charge in [0, 0.05) is 11.6 Å². The van der Waals surface area contributed by atoms with Gasteiger partial charge in [0.2, 0.25) is 0 Å². The van der Waals surface area contributed by atoms with E-state index in [2.05, 4.69) is 0 Å². The summed E-state index contributed by atoms with van der Waals surface area (Å²) in [5.41, 5.74) is -0.294. The number of halogens is 4. The molecule has 0 aromatic heterocycles. The van der Waals surface area contributed by atoms with Crippen molar-refractivity contribution >= 4 is 5.78 Å². The first-order valence-corrected chi connectivity index (χ1v) is 5.35. The number of carbonyl (C=O) groups excluding carboxylic acids is 1. The Hall–Kier alpha value is -2.17. The highest BCUT2D eigenvalue weighted by molar-refractivity contribution is 6.09. The summed E-state index contributed by atoms with van der Waals surface area (Å²) >= 11 is 0. The minimum absolute atomic E-state index is 0.123. The minimum Gasteiger partial charge on any atom is -0.288 e. The molecule has 0 unspecified atom stereocenters. The lowest BCUT2D eigenvalue weighted by molar-refractivity contribution is 0.103. The van der Waals surface area contributed by atoms with Gasteiger partial charge >= 0.3 is 0 Å². The van der Waals surface area contributed by atoms with Gasteiger partial charge in [0.05, 0.1) is 5.56 Å². The van der Waals surface area contributed by atoms with Crippen molar-refractivity contribution in [2.24, 2.45) is 0 Å². The Labute approximate surface area is 106 Å². The molecule has 0 heterocycles. The van der Waals surface area contributed by atoms with E-state index >= 15 is 0 Å². The Morgan fingerprint density at radius 2 is 1.47 bits per heavy atom. The number of ketones is 1. The van der Waals surface area contributed by atoms with Gasteiger partial charge in [0.1, 0.15) is 11.6 Å². The van der Waals surface area contributed by atoms with Gasteiger partial charge in [-0.25, -0.2) is 17.6 Å². The fraction of sp³-hybridized carbons (Fsp3) is 0.0714. The van der Waals surface area contributed by atoms with Gasteiger partial charge < -0.3 is 0 Å². The summed E-state index contributed by atoms with van der Waals surface area (Å²) in [5, 5.41) is 0. The van der Waals surface area contributed by atoms with E-state index in [4.69, 9.17) is 0 Å². The van der Waals surface area contributed by atoms with Crippen molar-refractivity contribution in [1.82, 2.24) is 0 Å². The van der Waals surface area contributed by atoms with E-state index < -0.39 is 34.6 Å². The summed E-state index contributed by atoms with van der Waals surface area (Å²) in [6, 6.07) is 4.20. The van der Waals surface area contributed by atoms with E-state index in [1.807, 2.05) is 0 Å². The molecular formula is C14H8F4O. The predicted molar refractivity (Wildman–Crippen MR) is 60.9 cm³/mol. The zero-order chi connectivity index (χ0) is 14.2. The molecule has 0 amide bonds. The van der Waals surface area contributed by atoms with Crippen LogP contribution in [0.1, 0.15) is 21.5 Å². The average molecular weight is 268 g/mol. The van der Waals surface area contributed by atoms with Crippen LogP contribution in [-0.2, 0) is 0 Å². The fourth-order valence-electron chi connectivity index (χ4n) is 1.72. The first kappa shape index (κ1) is 13.3. The molecule has 5 heteroatoms. The molecule has 0 aliphatic heterocycles. The summed E-state index contributed by atoms with van der Waals surface area (Å²) < 4.78 is 52.4. The van der Waals surface area contributed by atoms with Gasteiger partial charge in [-0.2, -0.15) is 0 Å². The van der Waals surface area contributed by atoms with Crippen LogP contribution < -0.4 is 0 Å². The van der Waals surface area contributed by atoms with Gasteiger partial charge in [-0.05, 0) is 36.8 Å². The minimum atomic E-state index is -1.38. The second-order valence-electron chi connectivity index (χ2n) is 4.09. The normalized spacial score (nSPS) is 10.6. The summed E-state index contributed by atoms with van der Waals surface area (Å²) in [7, 11) is 0. The van der Waals surface area contributed by atoms with Crippen molar-refractivity contribution in [2.75, 3.05) is 0 Å². The molecule has 0 N–H and O–H groups in total. The van der Waals surface area contributed by atoms with Crippen molar-refractivity contribution in [3.63, 3.8) is 0 Å². The smallest absolute Gasteiger partial charge is 0.196 e. The number of rotatable bonds is 2. The molecule has 0 bridgehead atoms. The summed E-state index contributed by atoms with van der Waals surface area (Å²) in [6.07, 6.45) is 0. The van der Waals surface area contributed by atoms with E-state index in [1.165, 1.54) is 12.1 Å². The first-order chi connectivity index (χ1) is 8.88. The van der Waals surface area contributed by atoms with Crippen molar-refractivity contribution in [3.8, 4) is 0 Å². The zero-order valence-corrected chi connectivity index (χ0v) is 9.81.